The number of amides is 1. The van der Waals surface area contributed by atoms with Crippen LogP contribution in [0.2, 0.25) is 0 Å². The van der Waals surface area contributed by atoms with E-state index in [0.717, 1.165) is 11.1 Å². The van der Waals surface area contributed by atoms with E-state index in [0.29, 0.717) is 51.9 Å². The number of phenolic OH excluding ortho intramolecular Hbond substituents is 1. The lowest BCUT2D eigenvalue weighted by atomic mass is 10.1. The molecular formula is C33H29BrN2O6. The lowest BCUT2D eigenvalue weighted by molar-refractivity contribution is -0.112. The van der Waals surface area contributed by atoms with E-state index in [-0.39, 0.29) is 17.9 Å². The molecule has 1 amide bonds. The quantitative estimate of drug-likeness (QED) is 0.0964. The van der Waals surface area contributed by atoms with E-state index >= 15 is 0 Å². The van der Waals surface area contributed by atoms with Gasteiger partial charge in [-0.2, -0.15) is 5.26 Å². The van der Waals surface area contributed by atoms with Crippen LogP contribution in [0.4, 0.5) is 5.69 Å². The number of benzene rings is 4. The maximum absolute atomic E-state index is 12.7. The first-order chi connectivity index (χ1) is 20.4. The number of hydrogen-bond acceptors (Lipinski definition) is 7. The number of nitrogens with zero attached hydrogens (tertiary/aromatic N) is 1. The Kier molecular flexibility index (Phi) is 10.5. The molecule has 0 heterocycles. The number of nitrogens with one attached hydrogen (secondary N) is 1. The van der Waals surface area contributed by atoms with Crippen LogP contribution in [0.5, 0.6) is 28.7 Å². The SMILES string of the molecule is CCOc1cc(/C=C(\C#N)C(=O)Nc2ccc(O)cc2)cc(Br)c1OCc1ccc(OCc2ccccc2)c(OC)c1. The molecule has 0 fully saturated rings. The second-order valence-electron chi connectivity index (χ2n) is 8.98. The molecule has 0 spiro atoms. The maximum atomic E-state index is 12.7. The van der Waals surface area contributed by atoms with E-state index in [1.54, 1.807) is 31.4 Å². The summed E-state index contributed by atoms with van der Waals surface area (Å²) in [5.74, 6) is 1.63. The third kappa shape index (κ3) is 8.05. The fraction of sp³-hybridized carbons (Fsp3) is 0.152. The smallest absolute Gasteiger partial charge is 0.266 e. The van der Waals surface area contributed by atoms with E-state index in [2.05, 4.69) is 21.2 Å². The summed E-state index contributed by atoms with van der Waals surface area (Å²) in [5, 5.41) is 21.7. The van der Waals surface area contributed by atoms with Crippen LogP contribution in [0.25, 0.3) is 6.08 Å². The zero-order valence-corrected chi connectivity index (χ0v) is 24.7. The number of halogens is 1. The summed E-state index contributed by atoms with van der Waals surface area (Å²) in [7, 11) is 1.59. The summed E-state index contributed by atoms with van der Waals surface area (Å²) in [6.07, 6.45) is 1.46. The van der Waals surface area contributed by atoms with Crippen molar-refractivity contribution < 1.29 is 28.8 Å². The molecule has 0 unspecified atom stereocenters. The van der Waals surface area contributed by atoms with Crippen molar-refractivity contribution in [3.8, 4) is 34.8 Å². The minimum atomic E-state index is -0.581. The van der Waals surface area contributed by atoms with Crippen LogP contribution in [0.15, 0.2) is 95.0 Å². The van der Waals surface area contributed by atoms with Crippen LogP contribution in [0, 0.1) is 11.3 Å². The lowest BCUT2D eigenvalue weighted by Gasteiger charge is -2.16. The normalized spacial score (nSPS) is 10.9. The Balaban J connectivity index is 1.49. The summed E-state index contributed by atoms with van der Waals surface area (Å²) >= 11 is 3.55. The van der Waals surface area contributed by atoms with Gasteiger partial charge in [-0.25, -0.2) is 0 Å². The van der Waals surface area contributed by atoms with E-state index in [1.807, 2.05) is 61.5 Å². The molecule has 0 aliphatic carbocycles. The van der Waals surface area contributed by atoms with Crippen molar-refractivity contribution in [1.82, 2.24) is 0 Å². The molecule has 4 rings (SSSR count). The van der Waals surface area contributed by atoms with Gasteiger partial charge in [0.2, 0.25) is 0 Å². The molecule has 0 aromatic heterocycles. The number of methoxy groups -OCH3 is 1. The first kappa shape index (κ1) is 30.0. The van der Waals surface area contributed by atoms with Gasteiger partial charge in [-0.1, -0.05) is 36.4 Å². The summed E-state index contributed by atoms with van der Waals surface area (Å²) in [6.45, 7) is 2.88. The van der Waals surface area contributed by atoms with Gasteiger partial charge in [0.1, 0.15) is 30.6 Å². The van der Waals surface area contributed by atoms with Gasteiger partial charge in [-0.3, -0.25) is 4.79 Å². The third-order valence-electron chi connectivity index (χ3n) is 5.98. The molecule has 0 atom stereocenters. The Morgan fingerprint density at radius 2 is 1.64 bits per heavy atom. The van der Waals surface area contributed by atoms with Crippen molar-refractivity contribution in [2.45, 2.75) is 20.1 Å². The van der Waals surface area contributed by atoms with Crippen LogP contribution in [-0.2, 0) is 18.0 Å². The minimum absolute atomic E-state index is 0.0728. The molecule has 0 aliphatic rings. The molecule has 0 radical (unpaired) electrons. The highest BCUT2D eigenvalue weighted by Gasteiger charge is 2.16. The molecule has 0 saturated carbocycles. The number of nitriles is 1. The predicted molar refractivity (Wildman–Crippen MR) is 164 cm³/mol. The van der Waals surface area contributed by atoms with E-state index in [9.17, 15) is 15.2 Å². The monoisotopic (exact) mass is 628 g/mol. The van der Waals surface area contributed by atoms with Crippen molar-refractivity contribution in [2.75, 3.05) is 19.0 Å². The number of carbonyl (C=O) groups is 1. The molecule has 214 valence electrons. The first-order valence-electron chi connectivity index (χ1n) is 13.0. The zero-order valence-electron chi connectivity index (χ0n) is 23.1. The summed E-state index contributed by atoms with van der Waals surface area (Å²) in [6, 6.07) is 26.8. The largest absolute Gasteiger partial charge is 0.508 e. The number of rotatable bonds is 12. The fourth-order valence-corrected chi connectivity index (χ4v) is 4.52. The molecule has 0 saturated heterocycles. The predicted octanol–water partition coefficient (Wildman–Crippen LogP) is 7.27. The number of hydrogen-bond donors (Lipinski definition) is 2. The van der Waals surface area contributed by atoms with Crippen LogP contribution in [0.1, 0.15) is 23.6 Å². The Bertz CT molecular complexity index is 1600. The number of phenols is 1. The molecule has 9 heteroatoms. The topological polar surface area (TPSA) is 110 Å². The molecule has 4 aromatic carbocycles. The molecular weight excluding hydrogens is 600 g/mol. The number of aromatic hydroxyl groups is 1. The van der Waals surface area contributed by atoms with Crippen LogP contribution >= 0.6 is 15.9 Å². The van der Waals surface area contributed by atoms with Gasteiger partial charge < -0.3 is 29.4 Å². The average molecular weight is 630 g/mol. The number of anilines is 1. The molecule has 2 N–H and O–H groups in total. The summed E-state index contributed by atoms with van der Waals surface area (Å²) in [4.78, 5) is 12.7. The Labute approximate surface area is 252 Å². The van der Waals surface area contributed by atoms with Crippen molar-refractivity contribution in [2.24, 2.45) is 0 Å². The van der Waals surface area contributed by atoms with Gasteiger partial charge in [0.25, 0.3) is 5.91 Å². The highest BCUT2D eigenvalue weighted by atomic mass is 79.9. The summed E-state index contributed by atoms with van der Waals surface area (Å²) in [5.41, 5.74) is 2.82. The standard InChI is InChI=1S/C33H29BrN2O6/c1-3-40-31-18-24(15-25(19-35)33(38)36-26-10-12-27(37)13-11-26)16-28(34)32(31)42-21-23-9-14-29(30(17-23)39-2)41-20-22-7-5-4-6-8-22/h4-18,37H,3,20-21H2,1-2H3,(H,36,38)/b25-15+. The maximum Gasteiger partial charge on any atom is 0.266 e. The van der Waals surface area contributed by atoms with Crippen molar-refractivity contribution >= 4 is 33.6 Å². The van der Waals surface area contributed by atoms with Gasteiger partial charge in [0.15, 0.2) is 23.0 Å². The molecule has 4 aromatic rings. The fourth-order valence-electron chi connectivity index (χ4n) is 3.94. The Morgan fingerprint density at radius 3 is 2.33 bits per heavy atom. The zero-order chi connectivity index (χ0) is 29.9. The van der Waals surface area contributed by atoms with E-state index < -0.39 is 5.91 Å². The van der Waals surface area contributed by atoms with E-state index in [1.165, 1.54) is 18.2 Å². The van der Waals surface area contributed by atoms with E-state index in [4.69, 9.17) is 18.9 Å². The van der Waals surface area contributed by atoms with Gasteiger partial charge in [0.05, 0.1) is 18.2 Å². The lowest BCUT2D eigenvalue weighted by Crippen LogP contribution is -2.13. The molecule has 42 heavy (non-hydrogen) atoms. The van der Waals surface area contributed by atoms with Gasteiger partial charge >= 0.3 is 0 Å². The van der Waals surface area contributed by atoms with Crippen LogP contribution < -0.4 is 24.3 Å². The molecule has 0 bridgehead atoms. The van der Waals surface area contributed by atoms with Gasteiger partial charge in [-0.15, -0.1) is 0 Å². The van der Waals surface area contributed by atoms with Crippen molar-refractivity contribution in [1.29, 1.82) is 5.26 Å². The Morgan fingerprint density at radius 1 is 0.905 bits per heavy atom. The second-order valence-corrected chi connectivity index (χ2v) is 9.84. The van der Waals surface area contributed by atoms with Crippen molar-refractivity contribution in [3.63, 3.8) is 0 Å². The second kappa shape index (κ2) is 14.6. The molecule has 0 aliphatic heterocycles. The highest BCUT2D eigenvalue weighted by Crippen LogP contribution is 2.38. The first-order valence-corrected chi connectivity index (χ1v) is 13.8. The van der Waals surface area contributed by atoms with Crippen molar-refractivity contribution in [3.05, 3.63) is 112 Å². The molecule has 8 nitrogen and oxygen atoms in total. The number of ether oxygens (including phenoxy) is 4. The summed E-state index contributed by atoms with van der Waals surface area (Å²) < 4.78 is 24.1. The Hall–Kier alpha value is -4.94. The van der Waals surface area contributed by atoms with Crippen LogP contribution in [-0.4, -0.2) is 24.7 Å². The van der Waals surface area contributed by atoms with Gasteiger partial charge in [0, 0.05) is 5.69 Å². The third-order valence-corrected chi connectivity index (χ3v) is 6.57. The van der Waals surface area contributed by atoms with Crippen LogP contribution in [0.3, 0.4) is 0 Å². The minimum Gasteiger partial charge on any atom is -0.508 e. The average Bonchev–Trinajstić information content (AvgIpc) is 3.00. The van der Waals surface area contributed by atoms with Gasteiger partial charge in [-0.05, 0) is 94.2 Å². The highest BCUT2D eigenvalue weighted by molar-refractivity contribution is 9.10. The number of carbonyl (C=O) groups excluding carboxylic acids is 1.